The first-order valence-electron chi connectivity index (χ1n) is 7.04. The van der Waals surface area contributed by atoms with E-state index in [-0.39, 0.29) is 4.90 Å². The molecule has 2 rings (SSSR count). The van der Waals surface area contributed by atoms with E-state index < -0.39 is 10.0 Å². The fourth-order valence-corrected chi connectivity index (χ4v) is 2.89. The summed E-state index contributed by atoms with van der Waals surface area (Å²) in [7, 11) is -3.63. The van der Waals surface area contributed by atoms with Crippen LogP contribution in [0.5, 0.6) is 5.75 Å². The Hall–Kier alpha value is -1.11. The van der Waals surface area contributed by atoms with E-state index in [1.165, 1.54) is 37.8 Å². The molecule has 2 N–H and O–H groups in total. The highest BCUT2D eigenvalue weighted by Crippen LogP contribution is 2.15. The summed E-state index contributed by atoms with van der Waals surface area (Å²) < 4.78 is 27.9. The number of rotatable bonds is 5. The summed E-state index contributed by atoms with van der Waals surface area (Å²) in [4.78, 5) is 2.53. The zero-order chi connectivity index (χ0) is 14.4. The van der Waals surface area contributed by atoms with Crippen LogP contribution < -0.4 is 9.88 Å². The molecule has 0 radical (unpaired) electrons. The van der Waals surface area contributed by atoms with E-state index in [1.54, 1.807) is 12.1 Å². The smallest absolute Gasteiger partial charge is 0.238 e. The maximum atomic E-state index is 11.1. The molecule has 112 valence electrons. The summed E-state index contributed by atoms with van der Waals surface area (Å²) in [6.45, 7) is 3.83. The van der Waals surface area contributed by atoms with Gasteiger partial charge in [0.25, 0.3) is 0 Å². The highest BCUT2D eigenvalue weighted by atomic mass is 32.2. The minimum atomic E-state index is -3.63. The van der Waals surface area contributed by atoms with E-state index in [4.69, 9.17) is 9.88 Å². The van der Waals surface area contributed by atoms with Gasteiger partial charge in [0.2, 0.25) is 10.0 Å². The van der Waals surface area contributed by atoms with Gasteiger partial charge in [0.1, 0.15) is 12.4 Å². The van der Waals surface area contributed by atoms with Crippen LogP contribution in [-0.4, -0.2) is 39.6 Å². The van der Waals surface area contributed by atoms with Crippen LogP contribution in [-0.2, 0) is 10.0 Å². The van der Waals surface area contributed by atoms with Crippen molar-refractivity contribution in [2.45, 2.75) is 30.6 Å². The summed E-state index contributed by atoms with van der Waals surface area (Å²) in [5.41, 5.74) is 0. The molecule has 0 saturated carbocycles. The first-order valence-corrected chi connectivity index (χ1v) is 8.58. The van der Waals surface area contributed by atoms with Crippen LogP contribution in [0.1, 0.15) is 25.7 Å². The van der Waals surface area contributed by atoms with E-state index in [0.29, 0.717) is 12.4 Å². The van der Waals surface area contributed by atoms with Gasteiger partial charge in [0.15, 0.2) is 0 Å². The van der Waals surface area contributed by atoms with Gasteiger partial charge in [-0.05, 0) is 50.2 Å². The average Bonchev–Trinajstić information content (AvgIpc) is 2.67. The lowest BCUT2D eigenvalue weighted by Crippen LogP contribution is -2.29. The lowest BCUT2D eigenvalue weighted by atomic mass is 10.2. The van der Waals surface area contributed by atoms with Crippen LogP contribution in [0.15, 0.2) is 29.2 Å². The van der Waals surface area contributed by atoms with Gasteiger partial charge in [0, 0.05) is 6.54 Å². The molecule has 20 heavy (non-hydrogen) atoms. The molecule has 1 fully saturated rings. The number of benzene rings is 1. The predicted molar refractivity (Wildman–Crippen MR) is 78.2 cm³/mol. The summed E-state index contributed by atoms with van der Waals surface area (Å²) in [6, 6.07) is 6.22. The Morgan fingerprint density at radius 2 is 1.65 bits per heavy atom. The van der Waals surface area contributed by atoms with Crippen LogP contribution in [0.2, 0.25) is 0 Å². The highest BCUT2D eigenvalue weighted by molar-refractivity contribution is 7.89. The zero-order valence-corrected chi connectivity index (χ0v) is 12.4. The Morgan fingerprint density at radius 3 is 2.20 bits per heavy atom. The van der Waals surface area contributed by atoms with E-state index >= 15 is 0 Å². The molecule has 0 aliphatic carbocycles. The van der Waals surface area contributed by atoms with Crippen molar-refractivity contribution >= 4 is 10.0 Å². The van der Waals surface area contributed by atoms with Gasteiger partial charge in [-0.15, -0.1) is 0 Å². The van der Waals surface area contributed by atoms with Crippen LogP contribution in [0.25, 0.3) is 0 Å². The first-order chi connectivity index (χ1) is 9.55. The second-order valence-corrected chi connectivity index (χ2v) is 6.68. The average molecular weight is 298 g/mol. The van der Waals surface area contributed by atoms with Crippen molar-refractivity contribution in [2.75, 3.05) is 26.2 Å². The van der Waals surface area contributed by atoms with Crippen LogP contribution >= 0.6 is 0 Å². The van der Waals surface area contributed by atoms with Crippen LogP contribution in [0, 0.1) is 0 Å². The third-order valence-electron chi connectivity index (χ3n) is 3.53. The fraction of sp³-hybridized carbons (Fsp3) is 0.571. The van der Waals surface area contributed by atoms with Gasteiger partial charge in [-0.25, -0.2) is 13.6 Å². The highest BCUT2D eigenvalue weighted by Gasteiger charge is 2.09. The van der Waals surface area contributed by atoms with Crippen molar-refractivity contribution < 1.29 is 13.2 Å². The summed E-state index contributed by atoms with van der Waals surface area (Å²) in [5.74, 6) is 0.673. The molecular weight excluding hydrogens is 276 g/mol. The molecule has 1 aliphatic rings. The number of hydrogen-bond donors (Lipinski definition) is 1. The number of ether oxygens (including phenoxy) is 1. The molecular formula is C14H22N2O3S. The molecule has 1 aromatic carbocycles. The normalized spacial score (nSPS) is 17.6. The molecule has 0 atom stereocenters. The van der Waals surface area contributed by atoms with Gasteiger partial charge in [-0.2, -0.15) is 0 Å². The molecule has 5 nitrogen and oxygen atoms in total. The Labute approximate surface area is 120 Å². The van der Waals surface area contributed by atoms with Crippen molar-refractivity contribution in [1.82, 2.24) is 4.90 Å². The SMILES string of the molecule is NS(=O)(=O)c1ccc(OCCN2CCCCCC2)cc1. The number of nitrogens with zero attached hydrogens (tertiary/aromatic N) is 1. The monoisotopic (exact) mass is 298 g/mol. The van der Waals surface area contributed by atoms with Crippen molar-refractivity contribution in [3.63, 3.8) is 0 Å². The number of hydrogen-bond acceptors (Lipinski definition) is 4. The quantitative estimate of drug-likeness (QED) is 0.896. The lowest BCUT2D eigenvalue weighted by molar-refractivity contribution is 0.214. The maximum absolute atomic E-state index is 11.1. The summed E-state index contributed by atoms with van der Waals surface area (Å²) in [6.07, 6.45) is 5.19. The molecule has 0 bridgehead atoms. The third-order valence-corrected chi connectivity index (χ3v) is 4.46. The Balaban J connectivity index is 1.79. The molecule has 0 unspecified atom stereocenters. The summed E-state index contributed by atoms with van der Waals surface area (Å²) >= 11 is 0. The van der Waals surface area contributed by atoms with Gasteiger partial charge in [-0.1, -0.05) is 12.8 Å². The van der Waals surface area contributed by atoms with Gasteiger partial charge in [0.05, 0.1) is 4.90 Å². The number of nitrogens with two attached hydrogens (primary N) is 1. The van der Waals surface area contributed by atoms with Crippen LogP contribution in [0.3, 0.4) is 0 Å². The van der Waals surface area contributed by atoms with E-state index in [0.717, 1.165) is 19.6 Å². The number of sulfonamides is 1. The minimum absolute atomic E-state index is 0.109. The van der Waals surface area contributed by atoms with Crippen molar-refractivity contribution in [3.05, 3.63) is 24.3 Å². The maximum Gasteiger partial charge on any atom is 0.238 e. The topological polar surface area (TPSA) is 72.6 Å². The summed E-state index contributed by atoms with van der Waals surface area (Å²) in [5, 5.41) is 5.04. The van der Waals surface area contributed by atoms with Crippen molar-refractivity contribution in [2.24, 2.45) is 5.14 Å². The van der Waals surface area contributed by atoms with Gasteiger partial charge in [-0.3, -0.25) is 4.90 Å². The number of primary sulfonamides is 1. The largest absolute Gasteiger partial charge is 0.492 e. The molecule has 1 heterocycles. The minimum Gasteiger partial charge on any atom is -0.492 e. The standard InChI is InChI=1S/C14H22N2O3S/c15-20(17,18)14-7-5-13(6-8-14)19-12-11-16-9-3-1-2-4-10-16/h5-8H,1-4,9-12H2,(H2,15,17,18). The van der Waals surface area contributed by atoms with Crippen LogP contribution in [0.4, 0.5) is 0 Å². The Kier molecular flexibility index (Phi) is 5.39. The van der Waals surface area contributed by atoms with E-state index in [9.17, 15) is 8.42 Å². The van der Waals surface area contributed by atoms with Gasteiger partial charge >= 0.3 is 0 Å². The van der Waals surface area contributed by atoms with Crippen molar-refractivity contribution in [3.8, 4) is 5.75 Å². The predicted octanol–water partition coefficient (Wildman–Crippen LogP) is 1.59. The molecule has 6 heteroatoms. The molecule has 1 aromatic rings. The molecule has 0 spiro atoms. The molecule has 1 aliphatic heterocycles. The Morgan fingerprint density at radius 1 is 1.05 bits per heavy atom. The first kappa shape index (κ1) is 15.3. The molecule has 0 amide bonds. The molecule has 0 aromatic heterocycles. The van der Waals surface area contributed by atoms with E-state index in [2.05, 4.69) is 4.90 Å². The van der Waals surface area contributed by atoms with Crippen molar-refractivity contribution in [1.29, 1.82) is 0 Å². The second kappa shape index (κ2) is 7.06. The lowest BCUT2D eigenvalue weighted by Gasteiger charge is -2.19. The second-order valence-electron chi connectivity index (χ2n) is 5.12. The zero-order valence-electron chi connectivity index (χ0n) is 11.6. The Bertz CT molecular complexity index is 506. The molecule has 1 saturated heterocycles. The van der Waals surface area contributed by atoms with E-state index in [1.807, 2.05) is 0 Å². The third kappa shape index (κ3) is 4.77. The fourth-order valence-electron chi connectivity index (χ4n) is 2.38. The van der Waals surface area contributed by atoms with Gasteiger partial charge < -0.3 is 4.74 Å². The number of likely N-dealkylation sites (tertiary alicyclic amines) is 1.